The van der Waals surface area contributed by atoms with Gasteiger partial charge in [-0.1, -0.05) is 49.4 Å². The lowest BCUT2D eigenvalue weighted by Gasteiger charge is -2.04. The molecular weight excluding hydrogens is 278 g/mol. The molecular formula is C18H17NO3. The Labute approximate surface area is 129 Å². The summed E-state index contributed by atoms with van der Waals surface area (Å²) < 4.78 is 0. The predicted molar refractivity (Wildman–Crippen MR) is 86.5 cm³/mol. The third-order valence-corrected chi connectivity index (χ3v) is 3.18. The molecule has 4 heteroatoms. The molecule has 0 spiro atoms. The number of hydrogen-bond donors (Lipinski definition) is 2. The number of hydrogen-bond acceptors (Lipinski definition) is 3. The predicted octanol–water partition coefficient (Wildman–Crippen LogP) is 3.36. The average molecular weight is 295 g/mol. The van der Waals surface area contributed by atoms with Gasteiger partial charge in [0.15, 0.2) is 0 Å². The highest BCUT2D eigenvalue weighted by molar-refractivity contribution is 6.45. The van der Waals surface area contributed by atoms with E-state index in [2.05, 4.69) is 5.32 Å². The molecule has 0 aliphatic carbocycles. The van der Waals surface area contributed by atoms with Crippen LogP contribution in [0, 0.1) is 0 Å². The third kappa shape index (κ3) is 4.06. The van der Waals surface area contributed by atoms with Crippen LogP contribution >= 0.6 is 0 Å². The summed E-state index contributed by atoms with van der Waals surface area (Å²) in [6.07, 6.45) is 1.83. The highest BCUT2D eigenvalue weighted by atomic mass is 16.3. The molecule has 0 radical (unpaired) electrons. The largest absolute Gasteiger partial charge is 0.507 e. The van der Waals surface area contributed by atoms with Gasteiger partial charge in [0, 0.05) is 17.3 Å². The number of nitrogens with one attached hydrogen (secondary N) is 1. The van der Waals surface area contributed by atoms with Crippen molar-refractivity contribution in [3.63, 3.8) is 0 Å². The van der Waals surface area contributed by atoms with Crippen molar-refractivity contribution in [1.29, 1.82) is 0 Å². The lowest BCUT2D eigenvalue weighted by Crippen LogP contribution is -2.21. The zero-order valence-corrected chi connectivity index (χ0v) is 12.2. The minimum absolute atomic E-state index is 0.234. The van der Waals surface area contributed by atoms with E-state index in [4.69, 9.17) is 0 Å². The highest BCUT2D eigenvalue weighted by Gasteiger charge is 2.13. The molecule has 2 N–H and O–H groups in total. The van der Waals surface area contributed by atoms with E-state index in [1.807, 2.05) is 19.1 Å². The summed E-state index contributed by atoms with van der Waals surface area (Å²) in [6.45, 7) is 2.04. The van der Waals surface area contributed by atoms with Gasteiger partial charge in [0.05, 0.1) is 0 Å². The molecule has 22 heavy (non-hydrogen) atoms. The van der Waals surface area contributed by atoms with Gasteiger partial charge in [-0.25, -0.2) is 0 Å². The second kappa shape index (κ2) is 7.22. The minimum Gasteiger partial charge on any atom is -0.507 e. The van der Waals surface area contributed by atoms with E-state index in [1.165, 1.54) is 0 Å². The minimum atomic E-state index is -0.805. The van der Waals surface area contributed by atoms with Crippen LogP contribution in [0.15, 0.2) is 60.7 Å². The number of carbonyl (C=O) groups excluding carboxylic acids is 2. The normalized spacial score (nSPS) is 11.0. The number of aryl methyl sites for hydroxylation is 1. The van der Waals surface area contributed by atoms with Crippen LogP contribution in [0.3, 0.4) is 0 Å². The fraction of sp³-hybridized carbons (Fsp3) is 0.111. The molecule has 0 unspecified atom stereocenters. The lowest BCUT2D eigenvalue weighted by molar-refractivity contribution is -0.131. The van der Waals surface area contributed by atoms with Gasteiger partial charge < -0.3 is 10.4 Å². The van der Waals surface area contributed by atoms with Crippen molar-refractivity contribution in [2.75, 3.05) is 5.32 Å². The van der Waals surface area contributed by atoms with E-state index in [0.29, 0.717) is 11.3 Å². The molecule has 2 rings (SSSR count). The summed E-state index contributed by atoms with van der Waals surface area (Å²) in [6, 6.07) is 15.8. The monoisotopic (exact) mass is 295 g/mol. The van der Waals surface area contributed by atoms with Crippen molar-refractivity contribution < 1.29 is 14.7 Å². The number of rotatable bonds is 5. The topological polar surface area (TPSA) is 66.4 Å². The number of carbonyl (C=O) groups is 2. The number of aliphatic hydroxyl groups is 1. The van der Waals surface area contributed by atoms with Crippen LogP contribution in [0.5, 0.6) is 0 Å². The Kier molecular flexibility index (Phi) is 5.09. The molecule has 0 heterocycles. The van der Waals surface area contributed by atoms with Crippen LogP contribution in [0.4, 0.5) is 5.69 Å². The molecule has 1 amide bonds. The van der Waals surface area contributed by atoms with Crippen molar-refractivity contribution in [3.05, 3.63) is 71.8 Å². The number of aliphatic hydroxyl groups excluding tert-OH is 1. The fourth-order valence-corrected chi connectivity index (χ4v) is 1.90. The third-order valence-electron chi connectivity index (χ3n) is 3.18. The Balaban J connectivity index is 2.04. The number of ketones is 1. The first-order valence-corrected chi connectivity index (χ1v) is 7.00. The van der Waals surface area contributed by atoms with Gasteiger partial charge in [0.1, 0.15) is 5.76 Å². The van der Waals surface area contributed by atoms with Gasteiger partial charge in [-0.15, -0.1) is 0 Å². The van der Waals surface area contributed by atoms with E-state index in [9.17, 15) is 14.7 Å². The van der Waals surface area contributed by atoms with Crippen molar-refractivity contribution in [2.24, 2.45) is 0 Å². The molecule has 0 bridgehead atoms. The van der Waals surface area contributed by atoms with E-state index >= 15 is 0 Å². The maximum absolute atomic E-state index is 11.8. The summed E-state index contributed by atoms with van der Waals surface area (Å²) in [5, 5.41) is 12.3. The summed E-state index contributed by atoms with van der Waals surface area (Å²) >= 11 is 0. The Morgan fingerprint density at radius 2 is 1.68 bits per heavy atom. The zero-order chi connectivity index (χ0) is 15.9. The molecule has 0 atom stereocenters. The molecule has 2 aromatic carbocycles. The molecule has 112 valence electrons. The number of benzene rings is 2. The van der Waals surface area contributed by atoms with Crippen molar-refractivity contribution in [2.45, 2.75) is 13.3 Å². The summed E-state index contributed by atoms with van der Waals surface area (Å²) in [7, 11) is 0. The number of amides is 1. The van der Waals surface area contributed by atoms with Gasteiger partial charge in [-0.2, -0.15) is 0 Å². The average Bonchev–Trinajstić information content (AvgIpc) is 2.56. The maximum atomic E-state index is 11.8. The SMILES string of the molecule is CCc1ccc(NC(=O)C(=O)C=C(O)c2ccccc2)cc1. The van der Waals surface area contributed by atoms with Crippen LogP contribution in [0.25, 0.3) is 5.76 Å². The van der Waals surface area contributed by atoms with Gasteiger partial charge >= 0.3 is 0 Å². The standard InChI is InChI=1S/C18H17NO3/c1-2-13-8-10-15(11-9-13)19-18(22)17(21)12-16(20)14-6-4-3-5-7-14/h3-12,20H,2H2,1H3,(H,19,22). The van der Waals surface area contributed by atoms with Crippen LogP contribution in [0.2, 0.25) is 0 Å². The Hall–Kier alpha value is -2.88. The van der Waals surface area contributed by atoms with Gasteiger partial charge in [-0.3, -0.25) is 9.59 Å². The summed E-state index contributed by atoms with van der Waals surface area (Å²) in [5.41, 5.74) is 2.17. The molecule has 0 aromatic heterocycles. The molecule has 0 fully saturated rings. The van der Waals surface area contributed by atoms with Crippen molar-refractivity contribution in [3.8, 4) is 0 Å². The summed E-state index contributed by atoms with van der Waals surface area (Å²) in [5.74, 6) is -1.82. The fourth-order valence-electron chi connectivity index (χ4n) is 1.90. The van der Waals surface area contributed by atoms with Crippen LogP contribution < -0.4 is 5.32 Å². The van der Waals surface area contributed by atoms with E-state index in [1.54, 1.807) is 42.5 Å². The number of anilines is 1. The Morgan fingerprint density at radius 3 is 2.27 bits per heavy atom. The molecule has 4 nitrogen and oxygen atoms in total. The van der Waals surface area contributed by atoms with Gasteiger partial charge in [-0.05, 0) is 24.1 Å². The zero-order valence-electron chi connectivity index (χ0n) is 12.2. The molecule has 0 aliphatic heterocycles. The quantitative estimate of drug-likeness (QED) is 0.505. The molecule has 0 saturated heterocycles. The van der Waals surface area contributed by atoms with Gasteiger partial charge in [0.2, 0.25) is 5.78 Å². The van der Waals surface area contributed by atoms with Crippen LogP contribution in [0.1, 0.15) is 18.1 Å². The highest BCUT2D eigenvalue weighted by Crippen LogP contribution is 2.12. The Bertz CT molecular complexity index is 688. The first-order chi connectivity index (χ1) is 10.6. The molecule has 0 saturated carbocycles. The van der Waals surface area contributed by atoms with E-state index in [-0.39, 0.29) is 5.76 Å². The van der Waals surface area contributed by atoms with Crippen LogP contribution in [-0.4, -0.2) is 16.8 Å². The smallest absolute Gasteiger partial charge is 0.296 e. The second-order valence-electron chi connectivity index (χ2n) is 4.76. The summed E-state index contributed by atoms with van der Waals surface area (Å²) in [4.78, 5) is 23.6. The molecule has 0 aliphatic rings. The molecule has 2 aromatic rings. The van der Waals surface area contributed by atoms with Crippen LogP contribution in [-0.2, 0) is 16.0 Å². The second-order valence-corrected chi connectivity index (χ2v) is 4.76. The van der Waals surface area contributed by atoms with Gasteiger partial charge in [0.25, 0.3) is 5.91 Å². The maximum Gasteiger partial charge on any atom is 0.296 e. The van der Waals surface area contributed by atoms with E-state index < -0.39 is 11.7 Å². The van der Waals surface area contributed by atoms with Crippen molar-refractivity contribution >= 4 is 23.1 Å². The first-order valence-electron chi connectivity index (χ1n) is 7.00. The van der Waals surface area contributed by atoms with Crippen molar-refractivity contribution in [1.82, 2.24) is 0 Å². The van der Waals surface area contributed by atoms with E-state index in [0.717, 1.165) is 18.1 Å². The first kappa shape index (κ1) is 15.5. The Morgan fingerprint density at radius 1 is 1.05 bits per heavy atom. The lowest BCUT2D eigenvalue weighted by atomic mass is 10.1.